The number of aliphatic carboxylic acids is 1. The van der Waals surface area contributed by atoms with Crippen molar-refractivity contribution in [1.29, 1.82) is 0 Å². The van der Waals surface area contributed by atoms with E-state index in [1.807, 2.05) is 13.8 Å². The number of nitrogens with two attached hydrogens (primary N) is 1. The first-order valence-corrected chi connectivity index (χ1v) is 8.79. The van der Waals surface area contributed by atoms with Gasteiger partial charge in [0, 0.05) is 0 Å². The van der Waals surface area contributed by atoms with Crippen LogP contribution in [0.1, 0.15) is 37.0 Å². The van der Waals surface area contributed by atoms with Crippen LogP contribution in [0.4, 0.5) is 5.00 Å². The lowest BCUT2D eigenvalue weighted by atomic mass is 9.79. The first-order valence-electron chi connectivity index (χ1n) is 7.91. The van der Waals surface area contributed by atoms with Gasteiger partial charge in [0.25, 0.3) is 5.91 Å². The Hall–Kier alpha value is -2.15. The largest absolute Gasteiger partial charge is 0.481 e. The monoisotopic (exact) mass is 348 g/mol. The number of carbonyl (C=O) groups is 3. The number of anilines is 1. The molecule has 0 saturated heterocycles. The highest BCUT2D eigenvalue weighted by Crippen LogP contribution is 2.57. The zero-order chi connectivity index (χ0) is 17.6. The Bertz CT molecular complexity index is 748. The van der Waals surface area contributed by atoms with E-state index in [1.54, 1.807) is 11.4 Å². The van der Waals surface area contributed by atoms with Gasteiger partial charge in [0.2, 0.25) is 5.91 Å². The van der Waals surface area contributed by atoms with Crippen molar-refractivity contribution >= 4 is 34.1 Å². The summed E-state index contributed by atoms with van der Waals surface area (Å²) in [6.45, 7) is 3.95. The van der Waals surface area contributed by atoms with E-state index in [4.69, 9.17) is 5.73 Å². The van der Waals surface area contributed by atoms with Crippen molar-refractivity contribution in [1.82, 2.24) is 0 Å². The molecule has 2 saturated carbocycles. The van der Waals surface area contributed by atoms with E-state index >= 15 is 0 Å². The van der Waals surface area contributed by atoms with Crippen LogP contribution in [0.15, 0.2) is 22.6 Å². The molecule has 1 aromatic rings. The van der Waals surface area contributed by atoms with E-state index in [9.17, 15) is 19.5 Å². The number of nitrogens with one attached hydrogen (secondary N) is 1. The highest BCUT2D eigenvalue weighted by Gasteiger charge is 2.57. The third kappa shape index (κ3) is 2.53. The van der Waals surface area contributed by atoms with Crippen molar-refractivity contribution in [3.63, 3.8) is 0 Å². The smallest absolute Gasteiger partial charge is 0.307 e. The second kappa shape index (κ2) is 6.05. The van der Waals surface area contributed by atoms with Crippen LogP contribution in [-0.4, -0.2) is 22.9 Å². The van der Waals surface area contributed by atoms with Gasteiger partial charge in [-0.1, -0.05) is 11.1 Å². The maximum absolute atomic E-state index is 12.8. The third-order valence-electron chi connectivity index (χ3n) is 5.17. The van der Waals surface area contributed by atoms with Crippen molar-refractivity contribution < 1.29 is 19.5 Å². The minimum absolute atomic E-state index is 0.0295. The molecule has 0 aromatic carbocycles. The molecule has 2 fully saturated rings. The fraction of sp³-hybridized carbons (Fsp3) is 0.471. The molecular weight excluding hydrogens is 328 g/mol. The number of thiophene rings is 1. The number of carboxylic acid groups (broad SMARTS) is 1. The molecule has 0 radical (unpaired) electrons. The van der Waals surface area contributed by atoms with Gasteiger partial charge in [-0.15, -0.1) is 11.3 Å². The molecule has 128 valence electrons. The molecule has 0 spiro atoms. The zero-order valence-corrected chi connectivity index (χ0v) is 14.4. The predicted octanol–water partition coefficient (Wildman–Crippen LogP) is 2.48. The summed E-state index contributed by atoms with van der Waals surface area (Å²) in [5.41, 5.74) is 7.79. The second-order valence-electron chi connectivity index (χ2n) is 6.65. The van der Waals surface area contributed by atoms with Crippen molar-refractivity contribution in [2.45, 2.75) is 26.7 Å². The van der Waals surface area contributed by atoms with Crippen LogP contribution in [0.25, 0.3) is 0 Å². The quantitative estimate of drug-likeness (QED) is 0.726. The molecule has 2 aliphatic carbocycles. The van der Waals surface area contributed by atoms with Gasteiger partial charge < -0.3 is 16.2 Å². The SMILES string of the molecule is CC(C)=C1[C@H]2CC[C@H]1[C@H](C(=O)Nc1sccc1C(N)=O)[C@H]2C(=O)O. The molecule has 6 nitrogen and oxygen atoms in total. The number of allylic oxidation sites excluding steroid dienone is 2. The third-order valence-corrected chi connectivity index (χ3v) is 6.00. The molecular formula is C17H20N2O4S. The summed E-state index contributed by atoms with van der Waals surface area (Å²) in [5.74, 6) is -3.27. The van der Waals surface area contributed by atoms with Crippen molar-refractivity contribution in [2.75, 3.05) is 5.32 Å². The molecule has 4 atom stereocenters. The lowest BCUT2D eigenvalue weighted by Gasteiger charge is -2.26. The maximum atomic E-state index is 12.8. The molecule has 4 N–H and O–H groups in total. The molecule has 2 aliphatic rings. The summed E-state index contributed by atoms with van der Waals surface area (Å²) in [6.07, 6.45) is 1.65. The Morgan fingerprint density at radius 3 is 2.38 bits per heavy atom. The van der Waals surface area contributed by atoms with Crippen LogP contribution in [0, 0.1) is 23.7 Å². The molecule has 1 aromatic heterocycles. The van der Waals surface area contributed by atoms with Gasteiger partial charge in [0.1, 0.15) is 5.00 Å². The van der Waals surface area contributed by atoms with E-state index in [-0.39, 0.29) is 23.3 Å². The fourth-order valence-corrected chi connectivity index (χ4v) is 5.20. The minimum Gasteiger partial charge on any atom is -0.481 e. The standard InChI is InChI=1S/C17H20N2O4S/c1-7(2)11-8-3-4-9(11)13(17(22)23)12(8)15(21)19-16-10(14(18)20)5-6-24-16/h5-6,8-9,12-13H,3-4H2,1-2H3,(H2,18,20)(H,19,21)(H,22,23)/t8-,9-,12+,13+/m1/s1. The summed E-state index contributed by atoms with van der Waals surface area (Å²) >= 11 is 1.21. The van der Waals surface area contributed by atoms with Crippen LogP contribution in [0.2, 0.25) is 0 Å². The van der Waals surface area contributed by atoms with Crippen molar-refractivity contribution in [3.8, 4) is 0 Å². The summed E-state index contributed by atoms with van der Waals surface area (Å²) < 4.78 is 0. The average molecular weight is 348 g/mol. The number of carbonyl (C=O) groups excluding carboxylic acids is 2. The highest BCUT2D eigenvalue weighted by molar-refractivity contribution is 7.14. The first kappa shape index (κ1) is 16.7. The molecule has 24 heavy (non-hydrogen) atoms. The van der Waals surface area contributed by atoms with Crippen molar-refractivity contribution in [3.05, 3.63) is 28.2 Å². The summed E-state index contributed by atoms with van der Waals surface area (Å²) in [4.78, 5) is 36.0. The molecule has 3 rings (SSSR count). The number of rotatable bonds is 4. The van der Waals surface area contributed by atoms with Gasteiger partial charge in [-0.05, 0) is 50.0 Å². The van der Waals surface area contributed by atoms with Crippen LogP contribution >= 0.6 is 11.3 Å². The topological polar surface area (TPSA) is 109 Å². The minimum atomic E-state index is -0.928. The van der Waals surface area contributed by atoms with Gasteiger partial charge in [0.15, 0.2) is 0 Å². The number of primary amides is 1. The predicted molar refractivity (Wildman–Crippen MR) is 90.7 cm³/mol. The Morgan fingerprint density at radius 1 is 1.21 bits per heavy atom. The number of carboxylic acids is 1. The Kier molecular flexibility index (Phi) is 4.21. The molecule has 7 heteroatoms. The number of fused-ring (bicyclic) bond motifs is 2. The van der Waals surface area contributed by atoms with Gasteiger partial charge >= 0.3 is 5.97 Å². The van der Waals surface area contributed by atoms with Crippen LogP contribution in [-0.2, 0) is 9.59 Å². The zero-order valence-electron chi connectivity index (χ0n) is 13.5. The van der Waals surface area contributed by atoms with Gasteiger partial charge in [-0.25, -0.2) is 0 Å². The lowest BCUT2D eigenvalue weighted by Crippen LogP contribution is -2.38. The van der Waals surface area contributed by atoms with E-state index in [2.05, 4.69) is 5.32 Å². The fourth-order valence-electron chi connectivity index (χ4n) is 4.40. The summed E-state index contributed by atoms with van der Waals surface area (Å²) in [5, 5.41) is 14.4. The number of hydrogen-bond donors (Lipinski definition) is 3. The first-order chi connectivity index (χ1) is 11.3. The van der Waals surface area contributed by atoms with Crippen LogP contribution < -0.4 is 11.1 Å². The normalized spacial score (nSPS) is 28.0. The highest BCUT2D eigenvalue weighted by atomic mass is 32.1. The summed E-state index contributed by atoms with van der Waals surface area (Å²) in [6, 6.07) is 1.56. The van der Waals surface area contributed by atoms with E-state index in [1.165, 1.54) is 11.3 Å². The lowest BCUT2D eigenvalue weighted by molar-refractivity contribution is -0.148. The number of hydrogen-bond acceptors (Lipinski definition) is 4. The van der Waals surface area contributed by atoms with E-state index in [0.29, 0.717) is 5.00 Å². The van der Waals surface area contributed by atoms with Crippen molar-refractivity contribution in [2.24, 2.45) is 29.4 Å². The molecule has 2 bridgehead atoms. The van der Waals surface area contributed by atoms with Crippen LogP contribution in [0.3, 0.4) is 0 Å². The molecule has 0 aliphatic heterocycles. The molecule has 0 unspecified atom stereocenters. The Labute approximate surface area is 143 Å². The van der Waals surface area contributed by atoms with Crippen LogP contribution in [0.5, 0.6) is 0 Å². The van der Waals surface area contributed by atoms with Gasteiger partial charge in [-0.2, -0.15) is 0 Å². The second-order valence-corrected chi connectivity index (χ2v) is 7.57. The molecule has 2 amide bonds. The Morgan fingerprint density at radius 2 is 1.83 bits per heavy atom. The average Bonchev–Trinajstić information content (AvgIpc) is 3.18. The van der Waals surface area contributed by atoms with E-state index < -0.39 is 23.7 Å². The maximum Gasteiger partial charge on any atom is 0.307 e. The van der Waals surface area contributed by atoms with Gasteiger partial charge in [0.05, 0.1) is 17.4 Å². The van der Waals surface area contributed by atoms with E-state index in [0.717, 1.165) is 24.0 Å². The molecule has 1 heterocycles. The van der Waals surface area contributed by atoms with Gasteiger partial charge in [-0.3, -0.25) is 14.4 Å². The Balaban J connectivity index is 1.91. The summed E-state index contributed by atoms with van der Waals surface area (Å²) in [7, 11) is 0. The number of amides is 2.